The zero-order chi connectivity index (χ0) is 29.3. The lowest BCUT2D eigenvalue weighted by atomic mass is 9.77. The Morgan fingerprint density at radius 3 is 2.27 bits per heavy atom. The van der Waals surface area contributed by atoms with E-state index < -0.39 is 11.6 Å². The first-order chi connectivity index (χ1) is 19.6. The SMILES string of the molecule is COc1cc2c(cc1OC(C)C)[C@H](c1ccc(Cl)cc1)N(c1ccc(C(C)(O)C3CCN(C=O)CC3)cc1)C(=O)C2. The number of hydrogen-bond acceptors (Lipinski definition) is 5. The van der Waals surface area contributed by atoms with Gasteiger partial charge in [0.15, 0.2) is 11.5 Å². The van der Waals surface area contributed by atoms with Gasteiger partial charge in [-0.1, -0.05) is 35.9 Å². The maximum atomic E-state index is 13.8. The number of anilines is 1. The van der Waals surface area contributed by atoms with Gasteiger partial charge in [0, 0.05) is 23.8 Å². The molecule has 5 rings (SSSR count). The van der Waals surface area contributed by atoms with E-state index in [0.29, 0.717) is 29.6 Å². The Morgan fingerprint density at radius 1 is 1.02 bits per heavy atom. The molecule has 1 unspecified atom stereocenters. The fourth-order valence-electron chi connectivity index (χ4n) is 6.09. The van der Waals surface area contributed by atoms with Gasteiger partial charge in [0.2, 0.25) is 12.3 Å². The van der Waals surface area contributed by atoms with Crippen LogP contribution >= 0.6 is 11.6 Å². The number of aliphatic hydroxyl groups is 1. The average Bonchev–Trinajstić information content (AvgIpc) is 2.96. The molecule has 0 spiro atoms. The molecule has 1 saturated heterocycles. The van der Waals surface area contributed by atoms with Gasteiger partial charge in [0.25, 0.3) is 0 Å². The summed E-state index contributed by atoms with van der Waals surface area (Å²) in [5.41, 5.74) is 3.24. The summed E-state index contributed by atoms with van der Waals surface area (Å²) in [5.74, 6) is 1.21. The molecule has 216 valence electrons. The van der Waals surface area contributed by atoms with Gasteiger partial charge < -0.3 is 24.4 Å². The zero-order valence-corrected chi connectivity index (χ0v) is 24.7. The molecule has 0 aliphatic carbocycles. The van der Waals surface area contributed by atoms with E-state index in [0.717, 1.165) is 47.2 Å². The summed E-state index contributed by atoms with van der Waals surface area (Å²) >= 11 is 6.23. The number of carbonyl (C=O) groups is 2. The molecule has 8 heteroatoms. The number of piperidine rings is 1. The fourth-order valence-corrected chi connectivity index (χ4v) is 6.22. The highest BCUT2D eigenvalue weighted by molar-refractivity contribution is 6.30. The van der Waals surface area contributed by atoms with Crippen molar-refractivity contribution in [1.29, 1.82) is 0 Å². The van der Waals surface area contributed by atoms with Gasteiger partial charge in [0.1, 0.15) is 0 Å². The maximum Gasteiger partial charge on any atom is 0.232 e. The quantitative estimate of drug-likeness (QED) is 0.338. The van der Waals surface area contributed by atoms with E-state index in [2.05, 4.69) is 0 Å². The normalized spacial score (nSPS) is 19.1. The van der Waals surface area contributed by atoms with E-state index in [1.807, 2.05) is 86.3 Å². The molecule has 2 aliphatic rings. The third kappa shape index (κ3) is 5.79. The van der Waals surface area contributed by atoms with Crippen LogP contribution in [0.15, 0.2) is 60.7 Å². The van der Waals surface area contributed by atoms with Crippen LogP contribution in [0.4, 0.5) is 5.69 Å². The van der Waals surface area contributed by atoms with Crippen molar-refractivity contribution in [1.82, 2.24) is 4.90 Å². The molecule has 1 N–H and O–H groups in total. The lowest BCUT2D eigenvalue weighted by molar-refractivity contribution is -0.121. The van der Waals surface area contributed by atoms with Crippen LogP contribution in [-0.2, 0) is 21.6 Å². The summed E-state index contributed by atoms with van der Waals surface area (Å²) < 4.78 is 11.7. The Bertz CT molecular complexity index is 1400. The fraction of sp³-hybridized carbons (Fsp3) is 0.394. The minimum atomic E-state index is -1.05. The van der Waals surface area contributed by atoms with Crippen LogP contribution in [0.1, 0.15) is 61.9 Å². The highest BCUT2D eigenvalue weighted by atomic mass is 35.5. The number of halogens is 1. The Kier molecular flexibility index (Phi) is 8.30. The van der Waals surface area contributed by atoms with Gasteiger partial charge in [-0.25, -0.2) is 0 Å². The summed E-state index contributed by atoms with van der Waals surface area (Å²) in [6, 6.07) is 18.7. The Morgan fingerprint density at radius 2 is 1.68 bits per heavy atom. The minimum Gasteiger partial charge on any atom is -0.493 e. The molecular weight excluding hydrogens is 540 g/mol. The smallest absolute Gasteiger partial charge is 0.232 e. The molecule has 2 heterocycles. The van der Waals surface area contributed by atoms with Crippen LogP contribution in [0.25, 0.3) is 0 Å². The molecule has 3 aromatic carbocycles. The number of likely N-dealkylation sites (tertiary alicyclic amines) is 1. The summed E-state index contributed by atoms with van der Waals surface area (Å²) in [5, 5.41) is 12.2. The summed E-state index contributed by atoms with van der Waals surface area (Å²) in [4.78, 5) is 28.5. The van der Waals surface area contributed by atoms with Gasteiger partial charge in [-0.15, -0.1) is 0 Å². The maximum absolute atomic E-state index is 13.8. The molecular formula is C33H37ClN2O5. The number of benzene rings is 3. The van der Waals surface area contributed by atoms with Crippen molar-refractivity contribution in [3.8, 4) is 11.5 Å². The Labute approximate surface area is 246 Å². The third-order valence-electron chi connectivity index (χ3n) is 8.34. The summed E-state index contributed by atoms with van der Waals surface area (Å²) in [6.07, 6.45) is 2.50. The largest absolute Gasteiger partial charge is 0.493 e. The van der Waals surface area contributed by atoms with Crippen LogP contribution < -0.4 is 14.4 Å². The Hall–Kier alpha value is -3.55. The molecule has 0 saturated carbocycles. The van der Waals surface area contributed by atoms with E-state index >= 15 is 0 Å². The van der Waals surface area contributed by atoms with Gasteiger partial charge in [-0.3, -0.25) is 9.59 Å². The van der Waals surface area contributed by atoms with Gasteiger partial charge >= 0.3 is 0 Å². The zero-order valence-electron chi connectivity index (χ0n) is 24.0. The van der Waals surface area contributed by atoms with Gasteiger partial charge in [-0.2, -0.15) is 0 Å². The second-order valence-electron chi connectivity index (χ2n) is 11.4. The molecule has 2 amide bonds. The van der Waals surface area contributed by atoms with Crippen molar-refractivity contribution < 1.29 is 24.2 Å². The van der Waals surface area contributed by atoms with E-state index in [1.54, 1.807) is 12.0 Å². The second kappa shape index (κ2) is 11.7. The van der Waals surface area contributed by atoms with Crippen molar-refractivity contribution in [3.05, 3.63) is 87.9 Å². The first kappa shape index (κ1) is 29.0. The monoisotopic (exact) mass is 576 g/mol. The Balaban J connectivity index is 1.54. The molecule has 2 aliphatic heterocycles. The minimum absolute atomic E-state index is 0.0317. The number of fused-ring (bicyclic) bond motifs is 1. The average molecular weight is 577 g/mol. The molecule has 2 atom stereocenters. The topological polar surface area (TPSA) is 79.3 Å². The molecule has 0 aromatic heterocycles. The van der Waals surface area contributed by atoms with Crippen LogP contribution in [-0.4, -0.2) is 48.6 Å². The molecule has 1 fully saturated rings. The number of rotatable bonds is 8. The lowest BCUT2D eigenvalue weighted by Crippen LogP contribution is -2.42. The first-order valence-corrected chi connectivity index (χ1v) is 14.5. The van der Waals surface area contributed by atoms with Gasteiger partial charge in [-0.05, 0) is 98.2 Å². The highest BCUT2D eigenvalue weighted by Gasteiger charge is 2.38. The van der Waals surface area contributed by atoms with Crippen molar-refractivity contribution >= 4 is 29.6 Å². The van der Waals surface area contributed by atoms with E-state index in [4.69, 9.17) is 21.1 Å². The van der Waals surface area contributed by atoms with Crippen molar-refractivity contribution in [3.63, 3.8) is 0 Å². The van der Waals surface area contributed by atoms with Crippen LogP contribution in [0, 0.1) is 5.92 Å². The van der Waals surface area contributed by atoms with Crippen LogP contribution in [0.2, 0.25) is 5.02 Å². The summed E-state index contributed by atoms with van der Waals surface area (Å²) in [6.45, 7) is 7.05. The molecule has 0 bridgehead atoms. The number of nitrogens with zero attached hydrogens (tertiary/aromatic N) is 2. The van der Waals surface area contributed by atoms with Crippen LogP contribution in [0.5, 0.6) is 11.5 Å². The third-order valence-corrected chi connectivity index (χ3v) is 8.59. The number of carbonyl (C=O) groups excluding carboxylic acids is 2. The van der Waals surface area contributed by atoms with Gasteiger partial charge in [0.05, 0.1) is 31.3 Å². The molecule has 0 radical (unpaired) electrons. The first-order valence-electron chi connectivity index (χ1n) is 14.1. The van der Waals surface area contributed by atoms with Crippen molar-refractivity contribution in [2.75, 3.05) is 25.1 Å². The predicted octanol–water partition coefficient (Wildman–Crippen LogP) is 5.89. The van der Waals surface area contributed by atoms with Crippen molar-refractivity contribution in [2.24, 2.45) is 5.92 Å². The number of amides is 2. The van der Waals surface area contributed by atoms with E-state index in [1.165, 1.54) is 0 Å². The number of hydrogen-bond donors (Lipinski definition) is 1. The number of ether oxygens (including phenoxy) is 2. The predicted molar refractivity (Wildman–Crippen MR) is 160 cm³/mol. The highest BCUT2D eigenvalue weighted by Crippen LogP contribution is 2.44. The van der Waals surface area contributed by atoms with E-state index in [-0.39, 0.29) is 24.3 Å². The lowest BCUT2D eigenvalue weighted by Gasteiger charge is -2.40. The molecule has 7 nitrogen and oxygen atoms in total. The van der Waals surface area contributed by atoms with E-state index in [9.17, 15) is 14.7 Å². The molecule has 41 heavy (non-hydrogen) atoms. The number of methoxy groups -OCH3 is 1. The van der Waals surface area contributed by atoms with Crippen LogP contribution in [0.3, 0.4) is 0 Å². The molecule has 3 aromatic rings. The summed E-state index contributed by atoms with van der Waals surface area (Å²) in [7, 11) is 1.60. The second-order valence-corrected chi connectivity index (χ2v) is 11.8. The standard InChI is InChI=1S/C33H37ClN2O5/c1-21(2)41-30-19-28-23(17-29(30)40-4)18-31(38)36(32(28)22-5-9-26(34)10-6-22)27-11-7-24(8-12-27)33(3,39)25-13-15-35(20-37)16-14-25/h5-12,17,19-21,25,32,39H,13-16,18H2,1-4H3/t32-,33?/m0/s1. The van der Waals surface area contributed by atoms with Crippen molar-refractivity contribution in [2.45, 2.75) is 57.8 Å².